The number of amides is 2. The Hall–Kier alpha value is -2.04. The molecule has 23 heavy (non-hydrogen) atoms. The highest BCUT2D eigenvalue weighted by Gasteiger charge is 2.46. The molecule has 0 N–H and O–H groups in total. The van der Waals surface area contributed by atoms with Gasteiger partial charge in [-0.3, -0.25) is 9.59 Å². The third-order valence-corrected chi connectivity index (χ3v) is 5.41. The number of para-hydroxylation sites is 1. The number of carbonyl (C=O) groups excluding carboxylic acids is 2. The third kappa shape index (κ3) is 2.38. The fourth-order valence-corrected chi connectivity index (χ4v) is 4.18. The van der Waals surface area contributed by atoms with E-state index in [-0.39, 0.29) is 23.8 Å². The molecule has 0 bridgehead atoms. The van der Waals surface area contributed by atoms with Crippen LogP contribution in [0.15, 0.2) is 24.3 Å². The number of likely N-dealkylation sites (tertiary alicyclic amines) is 2. The van der Waals surface area contributed by atoms with Gasteiger partial charge < -0.3 is 14.5 Å². The van der Waals surface area contributed by atoms with E-state index in [1.807, 2.05) is 30.1 Å². The van der Waals surface area contributed by atoms with Crippen LogP contribution in [0.3, 0.4) is 0 Å². The molecule has 1 aromatic rings. The molecule has 5 nitrogen and oxygen atoms in total. The molecule has 0 radical (unpaired) electrons. The van der Waals surface area contributed by atoms with Crippen LogP contribution in [0.1, 0.15) is 24.8 Å². The van der Waals surface area contributed by atoms with Crippen LogP contribution in [0.2, 0.25) is 0 Å². The standard InChI is InChI=1S/C18H22N2O3/c1-19-11-14-13(17(19)21)6-4-10-20(14)18(22)16-9-8-12-5-2-3-7-15(12)23-16/h2-3,5,7,13-14,16H,4,6,8-11H2,1H3/t13-,14-,16?/m1/s1. The molecule has 3 heterocycles. The van der Waals surface area contributed by atoms with Crippen molar-refractivity contribution in [1.82, 2.24) is 9.80 Å². The maximum absolute atomic E-state index is 13.0. The zero-order valence-corrected chi connectivity index (χ0v) is 13.4. The fourth-order valence-electron chi connectivity index (χ4n) is 4.18. The van der Waals surface area contributed by atoms with Crippen LogP contribution in [-0.2, 0) is 16.0 Å². The van der Waals surface area contributed by atoms with E-state index in [9.17, 15) is 9.59 Å². The Labute approximate surface area is 136 Å². The third-order valence-electron chi connectivity index (χ3n) is 5.41. The average Bonchev–Trinajstić information content (AvgIpc) is 2.88. The minimum atomic E-state index is -0.412. The maximum atomic E-state index is 13.0. The van der Waals surface area contributed by atoms with E-state index in [4.69, 9.17) is 4.74 Å². The number of likely N-dealkylation sites (N-methyl/N-ethyl adjacent to an activating group) is 1. The first-order valence-electron chi connectivity index (χ1n) is 8.45. The molecule has 0 spiro atoms. The smallest absolute Gasteiger partial charge is 0.263 e. The summed E-state index contributed by atoms with van der Waals surface area (Å²) in [5.41, 5.74) is 1.17. The van der Waals surface area contributed by atoms with Crippen molar-refractivity contribution < 1.29 is 14.3 Å². The molecule has 4 rings (SSSR count). The van der Waals surface area contributed by atoms with E-state index in [1.165, 1.54) is 5.56 Å². The lowest BCUT2D eigenvalue weighted by Gasteiger charge is -2.38. The first kappa shape index (κ1) is 14.5. The van der Waals surface area contributed by atoms with Gasteiger partial charge in [-0.05, 0) is 37.3 Å². The molecular weight excluding hydrogens is 292 g/mol. The molecule has 2 amide bonds. The molecule has 2 saturated heterocycles. The van der Waals surface area contributed by atoms with Crippen molar-refractivity contribution in [3.63, 3.8) is 0 Å². The van der Waals surface area contributed by atoms with Gasteiger partial charge >= 0.3 is 0 Å². The van der Waals surface area contributed by atoms with Crippen molar-refractivity contribution >= 4 is 11.8 Å². The van der Waals surface area contributed by atoms with Crippen LogP contribution in [0, 0.1) is 5.92 Å². The normalized spacial score (nSPS) is 29.8. The highest BCUT2D eigenvalue weighted by molar-refractivity contribution is 5.86. The number of hydrogen-bond donors (Lipinski definition) is 0. The lowest BCUT2D eigenvalue weighted by atomic mass is 9.90. The minimum Gasteiger partial charge on any atom is -0.480 e. The summed E-state index contributed by atoms with van der Waals surface area (Å²) >= 11 is 0. The van der Waals surface area contributed by atoms with E-state index < -0.39 is 6.10 Å². The van der Waals surface area contributed by atoms with Crippen molar-refractivity contribution in [2.45, 2.75) is 37.8 Å². The van der Waals surface area contributed by atoms with Crippen LogP contribution in [0.5, 0.6) is 5.75 Å². The van der Waals surface area contributed by atoms with E-state index in [0.717, 1.165) is 31.6 Å². The highest BCUT2D eigenvalue weighted by Crippen LogP contribution is 2.33. The molecule has 1 aromatic carbocycles. The van der Waals surface area contributed by atoms with Gasteiger partial charge in [0.15, 0.2) is 6.10 Å². The summed E-state index contributed by atoms with van der Waals surface area (Å²) in [5, 5.41) is 0. The predicted octanol–water partition coefficient (Wildman–Crippen LogP) is 1.46. The summed E-state index contributed by atoms with van der Waals surface area (Å²) in [7, 11) is 1.83. The van der Waals surface area contributed by atoms with Gasteiger partial charge in [-0.1, -0.05) is 18.2 Å². The molecular formula is C18H22N2O3. The number of nitrogens with zero attached hydrogens (tertiary/aromatic N) is 2. The van der Waals surface area contributed by atoms with Gasteiger partial charge in [0.25, 0.3) is 5.91 Å². The van der Waals surface area contributed by atoms with E-state index in [2.05, 4.69) is 6.07 Å². The first-order chi connectivity index (χ1) is 11.1. The van der Waals surface area contributed by atoms with Gasteiger partial charge in [0.05, 0.1) is 12.0 Å². The molecule has 0 aromatic heterocycles. The van der Waals surface area contributed by atoms with Crippen molar-refractivity contribution in [1.29, 1.82) is 0 Å². The van der Waals surface area contributed by atoms with Crippen LogP contribution < -0.4 is 4.74 Å². The Balaban J connectivity index is 1.52. The van der Waals surface area contributed by atoms with Crippen LogP contribution in [0.25, 0.3) is 0 Å². The van der Waals surface area contributed by atoms with Crippen LogP contribution in [0.4, 0.5) is 0 Å². The summed E-state index contributed by atoms with van der Waals surface area (Å²) in [6.45, 7) is 1.39. The molecule has 5 heteroatoms. The van der Waals surface area contributed by atoms with E-state index in [0.29, 0.717) is 13.0 Å². The molecule has 3 aliphatic heterocycles. The Morgan fingerprint density at radius 1 is 1.26 bits per heavy atom. The van der Waals surface area contributed by atoms with Crippen molar-refractivity contribution in [3.8, 4) is 5.75 Å². The summed E-state index contributed by atoms with van der Waals surface area (Å²) in [6.07, 6.45) is 2.97. The minimum absolute atomic E-state index is 0.0198. The largest absolute Gasteiger partial charge is 0.480 e. The monoisotopic (exact) mass is 314 g/mol. The Kier molecular flexibility index (Phi) is 3.51. The maximum Gasteiger partial charge on any atom is 0.263 e. The molecule has 3 atom stereocenters. The number of ether oxygens (including phenoxy) is 1. The van der Waals surface area contributed by atoms with Gasteiger partial charge in [-0.15, -0.1) is 0 Å². The second-order valence-electron chi connectivity index (χ2n) is 6.82. The van der Waals surface area contributed by atoms with E-state index >= 15 is 0 Å². The molecule has 0 saturated carbocycles. The molecule has 1 unspecified atom stereocenters. The fraction of sp³-hybridized carbons (Fsp3) is 0.556. The SMILES string of the molecule is CN1C[C@@H]2[C@@H](CCCN2C(=O)C2CCc3ccccc3O2)C1=O. The zero-order valence-electron chi connectivity index (χ0n) is 13.4. The number of aryl methyl sites for hydroxylation is 1. The summed E-state index contributed by atoms with van der Waals surface area (Å²) < 4.78 is 5.96. The zero-order chi connectivity index (χ0) is 16.0. The average molecular weight is 314 g/mol. The number of fused-ring (bicyclic) bond motifs is 2. The van der Waals surface area contributed by atoms with Gasteiger partial charge in [0.1, 0.15) is 5.75 Å². The Bertz CT molecular complexity index is 645. The summed E-state index contributed by atoms with van der Waals surface area (Å²) in [6, 6.07) is 7.94. The Morgan fingerprint density at radius 3 is 2.96 bits per heavy atom. The lowest BCUT2D eigenvalue weighted by molar-refractivity contribution is -0.144. The van der Waals surface area contributed by atoms with Crippen LogP contribution in [-0.4, -0.2) is 53.9 Å². The number of carbonyl (C=O) groups is 2. The number of benzene rings is 1. The van der Waals surface area contributed by atoms with Crippen molar-refractivity contribution in [2.75, 3.05) is 20.1 Å². The highest BCUT2D eigenvalue weighted by atomic mass is 16.5. The molecule has 2 fully saturated rings. The van der Waals surface area contributed by atoms with Gasteiger partial charge in [0.2, 0.25) is 5.91 Å². The lowest BCUT2D eigenvalue weighted by Crippen LogP contribution is -2.53. The number of piperidine rings is 1. The summed E-state index contributed by atoms with van der Waals surface area (Å²) in [5.74, 6) is 1.04. The molecule has 0 aliphatic carbocycles. The second-order valence-corrected chi connectivity index (χ2v) is 6.82. The predicted molar refractivity (Wildman–Crippen MR) is 85.0 cm³/mol. The van der Waals surface area contributed by atoms with Gasteiger partial charge in [-0.25, -0.2) is 0 Å². The molecule has 122 valence electrons. The number of hydrogen-bond acceptors (Lipinski definition) is 3. The molecule has 3 aliphatic rings. The van der Waals surface area contributed by atoms with Crippen LogP contribution >= 0.6 is 0 Å². The van der Waals surface area contributed by atoms with Gasteiger partial charge in [-0.2, -0.15) is 0 Å². The number of rotatable bonds is 1. The van der Waals surface area contributed by atoms with Crippen molar-refractivity contribution in [2.24, 2.45) is 5.92 Å². The van der Waals surface area contributed by atoms with E-state index in [1.54, 1.807) is 4.90 Å². The Morgan fingerprint density at radius 2 is 2.09 bits per heavy atom. The first-order valence-corrected chi connectivity index (χ1v) is 8.45. The topological polar surface area (TPSA) is 49.9 Å². The van der Waals surface area contributed by atoms with Crippen molar-refractivity contribution in [3.05, 3.63) is 29.8 Å². The second kappa shape index (κ2) is 5.55. The summed E-state index contributed by atoms with van der Waals surface area (Å²) in [4.78, 5) is 28.9. The van der Waals surface area contributed by atoms with Gasteiger partial charge in [0, 0.05) is 20.1 Å². The quantitative estimate of drug-likeness (QED) is 0.788.